The molecule has 2 aromatic rings. The van der Waals surface area contributed by atoms with Crippen molar-refractivity contribution in [2.75, 3.05) is 19.0 Å². The van der Waals surface area contributed by atoms with Gasteiger partial charge in [0.2, 0.25) is 0 Å². The number of alkyl halides is 3. The number of rotatable bonds is 6. The lowest BCUT2D eigenvalue weighted by Crippen LogP contribution is -2.21. The second-order valence-electron chi connectivity index (χ2n) is 5.33. The monoisotopic (exact) mass is 367 g/mol. The minimum absolute atomic E-state index is 0.169. The summed E-state index contributed by atoms with van der Waals surface area (Å²) >= 11 is 0. The predicted octanol–water partition coefficient (Wildman–Crippen LogP) is 3.65. The number of esters is 1. The first-order valence-corrected chi connectivity index (χ1v) is 7.51. The number of benzene rings is 2. The van der Waals surface area contributed by atoms with E-state index in [0.29, 0.717) is 6.61 Å². The number of anilines is 1. The van der Waals surface area contributed by atoms with Crippen LogP contribution in [0, 0.1) is 0 Å². The van der Waals surface area contributed by atoms with Crippen LogP contribution in [0.3, 0.4) is 0 Å². The number of halogens is 3. The molecule has 2 aromatic carbocycles. The van der Waals surface area contributed by atoms with E-state index in [4.69, 9.17) is 9.47 Å². The molecule has 8 heteroatoms. The van der Waals surface area contributed by atoms with Crippen molar-refractivity contribution >= 4 is 17.6 Å². The van der Waals surface area contributed by atoms with Crippen molar-refractivity contribution in [3.63, 3.8) is 0 Å². The Morgan fingerprint density at radius 1 is 1.00 bits per heavy atom. The van der Waals surface area contributed by atoms with Crippen LogP contribution in [0.1, 0.15) is 21.5 Å². The summed E-state index contributed by atoms with van der Waals surface area (Å²) in [5.41, 5.74) is 0.498. The van der Waals surface area contributed by atoms with Crippen LogP contribution >= 0.6 is 0 Å². The molecule has 2 rings (SSSR count). The Balaban J connectivity index is 1.85. The summed E-state index contributed by atoms with van der Waals surface area (Å²) < 4.78 is 47.2. The summed E-state index contributed by atoms with van der Waals surface area (Å²) in [6.07, 6.45) is -4.45. The van der Waals surface area contributed by atoms with Crippen molar-refractivity contribution in [3.8, 4) is 0 Å². The summed E-state index contributed by atoms with van der Waals surface area (Å²) in [4.78, 5) is 23.6. The second kappa shape index (κ2) is 8.48. The highest BCUT2D eigenvalue weighted by Crippen LogP contribution is 2.29. The molecule has 0 fully saturated rings. The molecule has 0 aromatic heterocycles. The van der Waals surface area contributed by atoms with Crippen LogP contribution in [0.25, 0.3) is 0 Å². The Kier molecular flexibility index (Phi) is 6.35. The first-order chi connectivity index (χ1) is 12.3. The van der Waals surface area contributed by atoms with E-state index < -0.39 is 30.2 Å². The Morgan fingerprint density at radius 3 is 2.15 bits per heavy atom. The third-order valence-corrected chi connectivity index (χ3v) is 3.33. The van der Waals surface area contributed by atoms with Gasteiger partial charge in [0.05, 0.1) is 17.7 Å². The smallest absolute Gasteiger partial charge is 0.416 e. The van der Waals surface area contributed by atoms with E-state index in [1.54, 1.807) is 31.4 Å². The Labute approximate surface area is 147 Å². The summed E-state index contributed by atoms with van der Waals surface area (Å²) in [6, 6.07) is 10.4. The topological polar surface area (TPSA) is 64.6 Å². The van der Waals surface area contributed by atoms with Crippen LogP contribution in [0.4, 0.5) is 18.9 Å². The quantitative estimate of drug-likeness (QED) is 0.792. The van der Waals surface area contributed by atoms with Gasteiger partial charge in [0.15, 0.2) is 6.61 Å². The van der Waals surface area contributed by atoms with Gasteiger partial charge in [-0.1, -0.05) is 12.1 Å². The van der Waals surface area contributed by atoms with Gasteiger partial charge in [-0.15, -0.1) is 0 Å². The zero-order valence-corrected chi connectivity index (χ0v) is 13.8. The summed E-state index contributed by atoms with van der Waals surface area (Å²) in [6.45, 7) is -0.148. The predicted molar refractivity (Wildman–Crippen MR) is 87.5 cm³/mol. The number of hydrogen-bond acceptors (Lipinski definition) is 4. The van der Waals surface area contributed by atoms with Gasteiger partial charge in [-0.05, 0) is 42.0 Å². The van der Waals surface area contributed by atoms with Crippen LogP contribution in [-0.4, -0.2) is 25.6 Å². The van der Waals surface area contributed by atoms with Gasteiger partial charge in [-0.2, -0.15) is 13.2 Å². The van der Waals surface area contributed by atoms with Crippen molar-refractivity contribution < 1.29 is 32.2 Å². The summed E-state index contributed by atoms with van der Waals surface area (Å²) in [5, 5.41) is 2.35. The van der Waals surface area contributed by atoms with E-state index in [9.17, 15) is 22.8 Å². The number of hydrogen-bond donors (Lipinski definition) is 1. The molecule has 1 amide bonds. The molecule has 1 N–H and O–H groups in total. The van der Waals surface area contributed by atoms with Gasteiger partial charge >= 0.3 is 12.1 Å². The zero-order chi connectivity index (χ0) is 19.2. The second-order valence-corrected chi connectivity index (χ2v) is 5.33. The highest BCUT2D eigenvalue weighted by Gasteiger charge is 2.29. The minimum Gasteiger partial charge on any atom is -0.452 e. The van der Waals surface area contributed by atoms with Gasteiger partial charge in [0.25, 0.3) is 5.91 Å². The molecule has 5 nitrogen and oxygen atoms in total. The van der Waals surface area contributed by atoms with Gasteiger partial charge in [-0.3, -0.25) is 4.79 Å². The molecule has 0 saturated carbocycles. The Morgan fingerprint density at radius 2 is 1.62 bits per heavy atom. The molecular weight excluding hydrogens is 351 g/mol. The Hall–Kier alpha value is -2.87. The molecule has 0 aliphatic heterocycles. The first kappa shape index (κ1) is 19.5. The fourth-order valence-corrected chi connectivity index (χ4v) is 2.06. The number of ether oxygens (including phenoxy) is 2. The van der Waals surface area contributed by atoms with Crippen molar-refractivity contribution in [1.82, 2.24) is 0 Å². The van der Waals surface area contributed by atoms with E-state index in [1.807, 2.05) is 0 Å². The van der Waals surface area contributed by atoms with Gasteiger partial charge in [0, 0.05) is 12.8 Å². The molecule has 0 aliphatic rings. The highest BCUT2D eigenvalue weighted by atomic mass is 19.4. The Bertz CT molecular complexity index is 756. The molecule has 0 bridgehead atoms. The number of methoxy groups -OCH3 is 1. The lowest BCUT2D eigenvalue weighted by Gasteiger charge is -2.09. The maximum atomic E-state index is 12.5. The molecule has 138 valence electrons. The molecule has 0 atom stereocenters. The minimum atomic E-state index is -4.45. The molecular formula is C18H16F3NO4. The van der Waals surface area contributed by atoms with Crippen LogP contribution in [-0.2, 0) is 27.1 Å². The average molecular weight is 367 g/mol. The lowest BCUT2D eigenvalue weighted by atomic mass is 10.1. The molecule has 0 heterocycles. The zero-order valence-electron chi connectivity index (χ0n) is 13.8. The lowest BCUT2D eigenvalue weighted by molar-refractivity contribution is -0.137. The maximum Gasteiger partial charge on any atom is 0.416 e. The number of nitrogens with one attached hydrogen (secondary N) is 1. The third-order valence-electron chi connectivity index (χ3n) is 3.33. The summed E-state index contributed by atoms with van der Waals surface area (Å²) in [7, 11) is 1.55. The van der Waals surface area contributed by atoms with E-state index in [0.717, 1.165) is 29.8 Å². The van der Waals surface area contributed by atoms with E-state index in [-0.39, 0.29) is 11.3 Å². The van der Waals surface area contributed by atoms with Crippen molar-refractivity contribution in [1.29, 1.82) is 0 Å². The SMILES string of the molecule is COCc1ccc(C(=O)OCC(=O)Nc2ccc(C(F)(F)F)cc2)cc1. The van der Waals surface area contributed by atoms with Gasteiger partial charge in [0.1, 0.15) is 0 Å². The van der Waals surface area contributed by atoms with E-state index >= 15 is 0 Å². The van der Waals surface area contributed by atoms with Crippen molar-refractivity contribution in [2.24, 2.45) is 0 Å². The maximum absolute atomic E-state index is 12.5. The van der Waals surface area contributed by atoms with E-state index in [2.05, 4.69) is 5.32 Å². The molecule has 26 heavy (non-hydrogen) atoms. The largest absolute Gasteiger partial charge is 0.452 e. The summed E-state index contributed by atoms with van der Waals surface area (Å²) in [5.74, 6) is -1.34. The molecule has 0 unspecified atom stereocenters. The first-order valence-electron chi connectivity index (χ1n) is 7.51. The van der Waals surface area contributed by atoms with Crippen LogP contribution < -0.4 is 5.32 Å². The fraction of sp³-hybridized carbons (Fsp3) is 0.222. The van der Waals surface area contributed by atoms with Crippen LogP contribution in [0.5, 0.6) is 0 Å². The standard InChI is InChI=1S/C18H16F3NO4/c1-25-10-12-2-4-13(5-3-12)17(24)26-11-16(23)22-15-8-6-14(7-9-15)18(19,20)21/h2-9H,10-11H2,1H3,(H,22,23). The van der Waals surface area contributed by atoms with Gasteiger partial charge in [-0.25, -0.2) is 4.79 Å². The number of carbonyl (C=O) groups excluding carboxylic acids is 2. The van der Waals surface area contributed by atoms with Crippen molar-refractivity contribution in [3.05, 3.63) is 65.2 Å². The average Bonchev–Trinajstić information content (AvgIpc) is 2.60. The van der Waals surface area contributed by atoms with Crippen LogP contribution in [0.15, 0.2) is 48.5 Å². The molecule has 0 aliphatic carbocycles. The van der Waals surface area contributed by atoms with Crippen LogP contribution in [0.2, 0.25) is 0 Å². The molecule has 0 radical (unpaired) electrons. The normalized spacial score (nSPS) is 11.1. The fourth-order valence-electron chi connectivity index (χ4n) is 2.06. The molecule has 0 saturated heterocycles. The van der Waals surface area contributed by atoms with E-state index in [1.165, 1.54) is 0 Å². The van der Waals surface area contributed by atoms with Gasteiger partial charge < -0.3 is 14.8 Å². The third kappa shape index (κ3) is 5.59. The van der Waals surface area contributed by atoms with Crippen molar-refractivity contribution in [2.45, 2.75) is 12.8 Å². The number of amides is 1. The molecule has 0 spiro atoms. The number of carbonyl (C=O) groups is 2. The highest BCUT2D eigenvalue weighted by molar-refractivity contribution is 5.95.